The molecule has 1 heterocycles. The number of nitrogen functional groups attached to an aromatic ring is 1. The normalized spacial score (nSPS) is 10.5. The molecule has 150 valence electrons. The molecular formula is C18H21N3O7. The fourth-order valence-electron chi connectivity index (χ4n) is 2.55. The Balaban J connectivity index is 2.00. The van der Waals surface area contributed by atoms with Crippen molar-refractivity contribution in [2.24, 2.45) is 14.1 Å². The molecular weight excluding hydrogens is 370 g/mol. The number of nitrogens with two attached hydrogens (primary N) is 1. The van der Waals surface area contributed by atoms with E-state index in [2.05, 4.69) is 0 Å². The van der Waals surface area contributed by atoms with Gasteiger partial charge in [0, 0.05) is 20.5 Å². The minimum Gasteiger partial charge on any atom is -0.504 e. The van der Waals surface area contributed by atoms with Crippen LogP contribution >= 0.6 is 0 Å². The molecule has 0 fully saturated rings. The molecule has 0 atom stereocenters. The standard InChI is InChI=1S/C18H21N3O7/c1-20-16(19)15(17(25)21(2)18(20)26)12(23)9-28-14(24)7-5-10-4-6-13(27-3)11(22)8-10/h4,6,8,22H,5,7,9,19H2,1-3H3. The number of aromatic hydroxyl groups is 1. The van der Waals surface area contributed by atoms with Gasteiger partial charge in [-0.05, 0) is 24.1 Å². The summed E-state index contributed by atoms with van der Waals surface area (Å²) in [5.74, 6) is -1.49. The number of hydrogen-bond donors (Lipinski definition) is 2. The van der Waals surface area contributed by atoms with Gasteiger partial charge < -0.3 is 20.3 Å². The lowest BCUT2D eigenvalue weighted by Gasteiger charge is -2.11. The fourth-order valence-corrected chi connectivity index (χ4v) is 2.55. The van der Waals surface area contributed by atoms with E-state index in [1.807, 2.05) is 0 Å². The predicted molar refractivity (Wildman–Crippen MR) is 99.6 cm³/mol. The van der Waals surface area contributed by atoms with E-state index >= 15 is 0 Å². The molecule has 0 amide bonds. The molecule has 0 unspecified atom stereocenters. The molecule has 0 aliphatic heterocycles. The van der Waals surface area contributed by atoms with E-state index in [-0.39, 0.29) is 24.4 Å². The second-order valence-electron chi connectivity index (χ2n) is 6.06. The molecule has 10 nitrogen and oxygen atoms in total. The van der Waals surface area contributed by atoms with Gasteiger partial charge in [0.15, 0.2) is 18.1 Å². The number of methoxy groups -OCH3 is 1. The molecule has 28 heavy (non-hydrogen) atoms. The highest BCUT2D eigenvalue weighted by Gasteiger charge is 2.21. The molecule has 0 radical (unpaired) electrons. The molecule has 2 aromatic rings. The van der Waals surface area contributed by atoms with Crippen molar-refractivity contribution in [3.8, 4) is 11.5 Å². The van der Waals surface area contributed by atoms with Crippen molar-refractivity contribution in [2.75, 3.05) is 19.5 Å². The Labute approximate surface area is 159 Å². The van der Waals surface area contributed by atoms with Crippen LogP contribution in [0.3, 0.4) is 0 Å². The maximum absolute atomic E-state index is 12.3. The van der Waals surface area contributed by atoms with Gasteiger partial charge in [-0.1, -0.05) is 6.07 Å². The van der Waals surface area contributed by atoms with E-state index in [1.54, 1.807) is 12.1 Å². The Bertz CT molecular complexity index is 1040. The zero-order valence-corrected chi connectivity index (χ0v) is 15.7. The number of carbonyl (C=O) groups excluding carboxylic acids is 2. The SMILES string of the molecule is COc1ccc(CCC(=O)OCC(=O)c2c(N)n(C)c(=O)n(C)c2=O)cc1O. The fraction of sp³-hybridized carbons (Fsp3) is 0.333. The summed E-state index contributed by atoms with van der Waals surface area (Å²) in [6.07, 6.45) is 0.230. The molecule has 10 heteroatoms. The summed E-state index contributed by atoms with van der Waals surface area (Å²) in [5, 5.41) is 9.72. The van der Waals surface area contributed by atoms with E-state index in [0.29, 0.717) is 11.3 Å². The van der Waals surface area contributed by atoms with Crippen molar-refractivity contribution < 1.29 is 24.2 Å². The summed E-state index contributed by atoms with van der Waals surface area (Å²) in [5.41, 5.74) is 4.44. The van der Waals surface area contributed by atoms with E-state index in [4.69, 9.17) is 15.2 Å². The number of hydrogen-bond acceptors (Lipinski definition) is 8. The van der Waals surface area contributed by atoms with Gasteiger partial charge in [-0.15, -0.1) is 0 Å². The molecule has 0 saturated carbocycles. The van der Waals surface area contributed by atoms with Crippen LogP contribution in [-0.2, 0) is 30.0 Å². The van der Waals surface area contributed by atoms with Crippen molar-refractivity contribution in [3.05, 3.63) is 50.2 Å². The second kappa shape index (κ2) is 8.42. The van der Waals surface area contributed by atoms with Crippen LogP contribution in [0.1, 0.15) is 22.3 Å². The topological polar surface area (TPSA) is 143 Å². The van der Waals surface area contributed by atoms with E-state index in [0.717, 1.165) is 9.13 Å². The summed E-state index contributed by atoms with van der Waals surface area (Å²) in [6, 6.07) is 4.72. The summed E-state index contributed by atoms with van der Waals surface area (Å²) in [4.78, 5) is 48.0. The van der Waals surface area contributed by atoms with Gasteiger partial charge in [-0.3, -0.25) is 23.5 Å². The lowest BCUT2D eigenvalue weighted by molar-refractivity contribution is -0.142. The highest BCUT2D eigenvalue weighted by Crippen LogP contribution is 2.26. The maximum Gasteiger partial charge on any atom is 0.332 e. The van der Waals surface area contributed by atoms with Crippen molar-refractivity contribution in [3.63, 3.8) is 0 Å². The van der Waals surface area contributed by atoms with E-state index in [1.165, 1.54) is 27.3 Å². The Morgan fingerprint density at radius 1 is 1.18 bits per heavy atom. The summed E-state index contributed by atoms with van der Waals surface area (Å²) >= 11 is 0. The third-order valence-corrected chi connectivity index (χ3v) is 4.21. The first-order valence-electron chi connectivity index (χ1n) is 8.27. The number of aromatic nitrogens is 2. The zero-order chi connectivity index (χ0) is 21.0. The Morgan fingerprint density at radius 3 is 2.46 bits per heavy atom. The third kappa shape index (κ3) is 4.22. The van der Waals surface area contributed by atoms with Gasteiger partial charge in [0.25, 0.3) is 5.56 Å². The van der Waals surface area contributed by atoms with Crippen molar-refractivity contribution in [1.29, 1.82) is 0 Å². The van der Waals surface area contributed by atoms with Crippen LogP contribution in [-0.4, -0.2) is 39.7 Å². The Morgan fingerprint density at radius 2 is 1.86 bits per heavy atom. The van der Waals surface area contributed by atoms with Gasteiger partial charge in [0.1, 0.15) is 11.4 Å². The lowest BCUT2D eigenvalue weighted by atomic mass is 10.1. The molecule has 0 saturated heterocycles. The number of aryl methyl sites for hydroxylation is 1. The van der Waals surface area contributed by atoms with Gasteiger partial charge in [0.05, 0.1) is 7.11 Å². The van der Waals surface area contributed by atoms with Crippen LogP contribution in [0.5, 0.6) is 11.5 Å². The molecule has 1 aromatic heterocycles. The van der Waals surface area contributed by atoms with Crippen LogP contribution in [0.15, 0.2) is 27.8 Å². The minimum atomic E-state index is -0.852. The first kappa shape index (κ1) is 20.7. The first-order valence-corrected chi connectivity index (χ1v) is 8.27. The maximum atomic E-state index is 12.3. The number of carbonyl (C=O) groups is 2. The van der Waals surface area contributed by atoms with Crippen LogP contribution in [0, 0.1) is 0 Å². The van der Waals surface area contributed by atoms with Crippen molar-refractivity contribution >= 4 is 17.6 Å². The van der Waals surface area contributed by atoms with Crippen LogP contribution in [0.4, 0.5) is 5.82 Å². The molecule has 3 N–H and O–H groups in total. The van der Waals surface area contributed by atoms with Crippen LogP contribution in [0.2, 0.25) is 0 Å². The first-order chi connectivity index (χ1) is 13.2. The summed E-state index contributed by atoms with van der Waals surface area (Å²) in [6.45, 7) is -0.676. The number of nitrogens with zero attached hydrogens (tertiary/aromatic N) is 2. The number of phenolic OH excluding ortho intramolecular Hbond substituents is 1. The molecule has 2 rings (SSSR count). The molecule has 0 aliphatic rings. The highest BCUT2D eigenvalue weighted by molar-refractivity contribution is 6.01. The lowest BCUT2D eigenvalue weighted by Crippen LogP contribution is -2.42. The quantitative estimate of drug-likeness (QED) is 0.485. The average Bonchev–Trinajstić information content (AvgIpc) is 2.67. The van der Waals surface area contributed by atoms with Gasteiger partial charge in [0.2, 0.25) is 5.78 Å². The van der Waals surface area contributed by atoms with Crippen LogP contribution < -0.4 is 21.7 Å². The smallest absolute Gasteiger partial charge is 0.332 e. The number of esters is 1. The second-order valence-corrected chi connectivity index (χ2v) is 6.06. The number of phenols is 1. The number of Topliss-reactive ketones (excluding diaryl/α,β-unsaturated/α-hetero) is 1. The molecule has 0 aliphatic carbocycles. The number of ether oxygens (including phenoxy) is 2. The number of ketones is 1. The van der Waals surface area contributed by atoms with Gasteiger partial charge in [-0.2, -0.15) is 0 Å². The van der Waals surface area contributed by atoms with Gasteiger partial charge >= 0.3 is 11.7 Å². The van der Waals surface area contributed by atoms with E-state index < -0.39 is 35.2 Å². The minimum absolute atomic E-state index is 0.0418. The predicted octanol–water partition coefficient (Wildman–Crippen LogP) is -0.261. The Hall–Kier alpha value is -3.56. The summed E-state index contributed by atoms with van der Waals surface area (Å²) in [7, 11) is 3.97. The highest BCUT2D eigenvalue weighted by atomic mass is 16.5. The van der Waals surface area contributed by atoms with E-state index in [9.17, 15) is 24.3 Å². The van der Waals surface area contributed by atoms with Crippen LogP contribution in [0.25, 0.3) is 0 Å². The average molecular weight is 391 g/mol. The largest absolute Gasteiger partial charge is 0.504 e. The van der Waals surface area contributed by atoms with Gasteiger partial charge in [-0.25, -0.2) is 4.79 Å². The molecule has 0 spiro atoms. The molecule has 0 bridgehead atoms. The summed E-state index contributed by atoms with van der Waals surface area (Å²) < 4.78 is 11.6. The van der Waals surface area contributed by atoms with Crippen molar-refractivity contribution in [1.82, 2.24) is 9.13 Å². The zero-order valence-electron chi connectivity index (χ0n) is 15.7. The third-order valence-electron chi connectivity index (χ3n) is 4.21. The van der Waals surface area contributed by atoms with Crippen molar-refractivity contribution in [2.45, 2.75) is 12.8 Å². The Kier molecular flexibility index (Phi) is 6.24. The number of anilines is 1. The molecule has 1 aromatic carbocycles. The number of rotatable bonds is 7. The number of benzene rings is 1. The monoisotopic (exact) mass is 391 g/mol.